The number of hydrazone groups is 1. The minimum Gasteiger partial charge on any atom is -0.455 e. The van der Waals surface area contributed by atoms with E-state index < -0.39 is 0 Å². The van der Waals surface area contributed by atoms with E-state index in [0.717, 1.165) is 21.9 Å². The summed E-state index contributed by atoms with van der Waals surface area (Å²) in [4.78, 5) is 12.3. The Morgan fingerprint density at radius 2 is 1.79 bits per heavy atom. The van der Waals surface area contributed by atoms with Gasteiger partial charge in [0.05, 0.1) is 22.7 Å². The van der Waals surface area contributed by atoms with Crippen molar-refractivity contribution in [2.45, 2.75) is 6.42 Å². The second-order valence-electron chi connectivity index (χ2n) is 6.44. The van der Waals surface area contributed by atoms with E-state index in [2.05, 4.69) is 10.5 Å². The minimum absolute atomic E-state index is 0.200. The Labute approximate surface area is 177 Å². The summed E-state index contributed by atoms with van der Waals surface area (Å²) in [6.07, 6.45) is 1.70. The van der Waals surface area contributed by atoms with Crippen molar-refractivity contribution in [1.82, 2.24) is 5.43 Å². The molecule has 6 heteroatoms. The molecule has 1 amide bonds. The number of nitrogens with one attached hydrogen (secondary N) is 1. The monoisotopic (exact) mass is 422 g/mol. The van der Waals surface area contributed by atoms with Crippen LogP contribution in [0.4, 0.5) is 0 Å². The first kappa shape index (κ1) is 19.2. The van der Waals surface area contributed by atoms with E-state index >= 15 is 0 Å². The molecule has 0 aliphatic carbocycles. The molecule has 4 nitrogen and oxygen atoms in total. The van der Waals surface area contributed by atoms with Crippen LogP contribution in [0.1, 0.15) is 11.3 Å². The number of carbonyl (C=O) groups is 1. The molecule has 0 saturated heterocycles. The zero-order chi connectivity index (χ0) is 20.2. The Morgan fingerprint density at radius 3 is 2.66 bits per heavy atom. The van der Waals surface area contributed by atoms with Crippen LogP contribution < -0.4 is 5.43 Å². The van der Waals surface area contributed by atoms with Crippen molar-refractivity contribution >= 4 is 46.1 Å². The molecule has 0 radical (unpaired) electrons. The number of carbonyl (C=O) groups excluding carboxylic acids is 1. The molecule has 1 heterocycles. The second kappa shape index (κ2) is 8.52. The van der Waals surface area contributed by atoms with Gasteiger partial charge in [-0.1, -0.05) is 65.7 Å². The largest absolute Gasteiger partial charge is 0.455 e. The van der Waals surface area contributed by atoms with E-state index in [1.807, 2.05) is 48.5 Å². The highest BCUT2D eigenvalue weighted by Crippen LogP contribution is 2.29. The number of halogens is 2. The summed E-state index contributed by atoms with van der Waals surface area (Å²) in [6.45, 7) is 0. The lowest BCUT2D eigenvalue weighted by atomic mass is 10.0. The molecular formula is C23H16Cl2N2O2. The Morgan fingerprint density at radius 1 is 0.966 bits per heavy atom. The van der Waals surface area contributed by atoms with Crippen molar-refractivity contribution in [3.8, 4) is 11.3 Å². The number of fused-ring (bicyclic) bond motifs is 1. The van der Waals surface area contributed by atoms with E-state index in [-0.39, 0.29) is 12.3 Å². The summed E-state index contributed by atoms with van der Waals surface area (Å²) in [5, 5.41) is 7.09. The Balaban J connectivity index is 1.40. The van der Waals surface area contributed by atoms with Crippen LogP contribution in [0.5, 0.6) is 0 Å². The minimum atomic E-state index is -0.200. The average molecular weight is 423 g/mol. The van der Waals surface area contributed by atoms with Crippen LogP contribution in [0.15, 0.2) is 82.3 Å². The van der Waals surface area contributed by atoms with E-state index in [0.29, 0.717) is 21.6 Å². The number of benzene rings is 3. The molecule has 1 N–H and O–H groups in total. The van der Waals surface area contributed by atoms with Gasteiger partial charge in [-0.2, -0.15) is 5.10 Å². The third-order valence-corrected chi connectivity index (χ3v) is 5.18. The zero-order valence-electron chi connectivity index (χ0n) is 15.2. The number of hydrogen-bond acceptors (Lipinski definition) is 3. The van der Waals surface area contributed by atoms with Crippen molar-refractivity contribution < 1.29 is 9.21 Å². The van der Waals surface area contributed by atoms with Gasteiger partial charge in [-0.15, -0.1) is 0 Å². The quantitative estimate of drug-likeness (QED) is 0.312. The number of amides is 1. The molecule has 0 spiro atoms. The highest BCUT2D eigenvalue weighted by atomic mass is 35.5. The molecular weight excluding hydrogens is 407 g/mol. The van der Waals surface area contributed by atoms with Crippen LogP contribution in [0.25, 0.3) is 22.1 Å². The summed E-state index contributed by atoms with van der Waals surface area (Å²) in [5.74, 6) is 0.942. The van der Waals surface area contributed by atoms with Gasteiger partial charge in [-0.25, -0.2) is 5.43 Å². The smallest absolute Gasteiger partial charge is 0.244 e. The molecule has 0 aliphatic rings. The second-order valence-corrected chi connectivity index (χ2v) is 7.25. The topological polar surface area (TPSA) is 54.6 Å². The molecule has 144 valence electrons. The summed E-state index contributed by atoms with van der Waals surface area (Å²) in [6, 6.07) is 22.7. The lowest BCUT2D eigenvalue weighted by Crippen LogP contribution is -2.19. The van der Waals surface area contributed by atoms with Crippen LogP contribution in [-0.4, -0.2) is 12.1 Å². The molecule has 4 aromatic rings. The summed E-state index contributed by atoms with van der Waals surface area (Å²) < 4.78 is 5.72. The van der Waals surface area contributed by atoms with Gasteiger partial charge in [0.1, 0.15) is 11.5 Å². The summed E-state index contributed by atoms with van der Waals surface area (Å²) >= 11 is 12.0. The highest BCUT2D eigenvalue weighted by molar-refractivity contribution is 6.42. The number of nitrogens with zero attached hydrogens (tertiary/aromatic N) is 1. The lowest BCUT2D eigenvalue weighted by molar-refractivity contribution is -0.120. The first-order valence-electron chi connectivity index (χ1n) is 8.94. The number of furan rings is 1. The van der Waals surface area contributed by atoms with Gasteiger partial charge in [-0.05, 0) is 46.7 Å². The average Bonchev–Trinajstić information content (AvgIpc) is 3.19. The van der Waals surface area contributed by atoms with Crippen molar-refractivity contribution in [2.24, 2.45) is 5.10 Å². The standard InChI is InChI=1S/C23H16Cl2N2O2/c24-20-10-8-17(12-21(20)25)22-11-9-18(29-22)14-26-27-23(28)13-16-6-3-5-15-4-1-2-7-19(15)16/h1-12,14H,13H2,(H,27,28). The van der Waals surface area contributed by atoms with Gasteiger partial charge in [-0.3, -0.25) is 4.79 Å². The van der Waals surface area contributed by atoms with Gasteiger partial charge < -0.3 is 4.42 Å². The molecule has 0 fully saturated rings. The van der Waals surface area contributed by atoms with Gasteiger partial charge in [0, 0.05) is 5.56 Å². The maximum atomic E-state index is 12.3. The molecule has 0 aliphatic heterocycles. The fourth-order valence-corrected chi connectivity index (χ4v) is 3.35. The van der Waals surface area contributed by atoms with E-state index in [1.165, 1.54) is 6.21 Å². The van der Waals surface area contributed by atoms with Crippen LogP contribution in [-0.2, 0) is 11.2 Å². The fraction of sp³-hybridized carbons (Fsp3) is 0.0435. The van der Waals surface area contributed by atoms with Gasteiger partial charge >= 0.3 is 0 Å². The first-order valence-corrected chi connectivity index (χ1v) is 9.69. The summed E-state index contributed by atoms with van der Waals surface area (Å²) in [5.41, 5.74) is 4.30. The number of hydrogen-bond donors (Lipinski definition) is 1. The molecule has 0 atom stereocenters. The predicted octanol–water partition coefficient (Wildman–Crippen LogP) is 6.10. The molecule has 0 bridgehead atoms. The third kappa shape index (κ3) is 4.50. The van der Waals surface area contributed by atoms with E-state index in [4.69, 9.17) is 27.6 Å². The van der Waals surface area contributed by atoms with Crippen LogP contribution in [0, 0.1) is 0 Å². The van der Waals surface area contributed by atoms with Crippen LogP contribution in [0.3, 0.4) is 0 Å². The Hall–Kier alpha value is -3.08. The normalized spacial score (nSPS) is 11.2. The third-order valence-electron chi connectivity index (χ3n) is 4.44. The molecule has 1 aromatic heterocycles. The molecule has 29 heavy (non-hydrogen) atoms. The van der Waals surface area contributed by atoms with Gasteiger partial charge in [0.15, 0.2) is 0 Å². The van der Waals surface area contributed by atoms with E-state index in [1.54, 1.807) is 24.3 Å². The highest BCUT2D eigenvalue weighted by Gasteiger charge is 2.08. The lowest BCUT2D eigenvalue weighted by Gasteiger charge is -2.05. The molecule has 3 aromatic carbocycles. The van der Waals surface area contributed by atoms with Gasteiger partial charge in [0.2, 0.25) is 5.91 Å². The molecule has 0 saturated carbocycles. The van der Waals surface area contributed by atoms with Crippen molar-refractivity contribution in [3.63, 3.8) is 0 Å². The first-order chi connectivity index (χ1) is 14.1. The van der Waals surface area contributed by atoms with Crippen molar-refractivity contribution in [1.29, 1.82) is 0 Å². The molecule has 0 unspecified atom stereocenters. The molecule has 4 rings (SSSR count). The zero-order valence-corrected chi connectivity index (χ0v) is 16.7. The predicted molar refractivity (Wildman–Crippen MR) is 118 cm³/mol. The van der Waals surface area contributed by atoms with Crippen LogP contribution in [0.2, 0.25) is 10.0 Å². The number of rotatable bonds is 5. The van der Waals surface area contributed by atoms with Crippen LogP contribution >= 0.6 is 23.2 Å². The van der Waals surface area contributed by atoms with Gasteiger partial charge in [0.25, 0.3) is 0 Å². The Kier molecular flexibility index (Phi) is 5.65. The summed E-state index contributed by atoms with van der Waals surface area (Å²) in [7, 11) is 0. The maximum absolute atomic E-state index is 12.3. The van der Waals surface area contributed by atoms with E-state index in [9.17, 15) is 4.79 Å². The van der Waals surface area contributed by atoms with Crippen molar-refractivity contribution in [2.75, 3.05) is 0 Å². The Bertz CT molecular complexity index is 1210. The van der Waals surface area contributed by atoms with Crippen molar-refractivity contribution in [3.05, 3.63) is 94.2 Å². The fourth-order valence-electron chi connectivity index (χ4n) is 3.05. The SMILES string of the molecule is O=C(Cc1cccc2ccccc12)NN=Cc1ccc(-c2ccc(Cl)c(Cl)c2)o1. The maximum Gasteiger partial charge on any atom is 0.244 e.